The van der Waals surface area contributed by atoms with Gasteiger partial charge in [-0.2, -0.15) is 10.1 Å². The molecule has 0 aliphatic carbocycles. The fourth-order valence-electron chi connectivity index (χ4n) is 2.96. The van der Waals surface area contributed by atoms with Crippen molar-refractivity contribution in [3.63, 3.8) is 0 Å². The second-order valence-corrected chi connectivity index (χ2v) is 5.99. The Morgan fingerprint density at radius 2 is 2.12 bits per heavy atom. The molecule has 0 bridgehead atoms. The van der Waals surface area contributed by atoms with Crippen LogP contribution in [0.3, 0.4) is 0 Å². The highest BCUT2D eigenvalue weighted by atomic mass is 16.5. The summed E-state index contributed by atoms with van der Waals surface area (Å²) < 4.78 is 12.7. The number of hydrogen-bond acceptors (Lipinski definition) is 8. The quantitative estimate of drug-likeness (QED) is 0.559. The standard InChI is InChI=1S/C17H19N7O2/c1-3-25-7-9(2)24-16-13(15(18)20-8-21-16)14(23-24)10-4-5-12-11(6-10)22-17(19)26-12/h4-6,8-9H,3,7H2,1-2H3,(H2,19,22)(H2,18,20,21). The summed E-state index contributed by atoms with van der Waals surface area (Å²) in [6, 6.07) is 5.68. The third kappa shape index (κ3) is 2.62. The van der Waals surface area contributed by atoms with Crippen molar-refractivity contribution in [2.75, 3.05) is 24.7 Å². The molecule has 9 heteroatoms. The van der Waals surface area contributed by atoms with Crippen LogP contribution in [0.25, 0.3) is 33.4 Å². The molecule has 0 spiro atoms. The van der Waals surface area contributed by atoms with Crippen LogP contribution in [0.4, 0.5) is 11.8 Å². The molecule has 4 N–H and O–H groups in total. The maximum absolute atomic E-state index is 6.13. The zero-order chi connectivity index (χ0) is 18.3. The van der Waals surface area contributed by atoms with Crippen molar-refractivity contribution in [3.05, 3.63) is 24.5 Å². The molecule has 1 atom stereocenters. The van der Waals surface area contributed by atoms with E-state index in [1.165, 1.54) is 6.33 Å². The Morgan fingerprint density at radius 1 is 1.27 bits per heavy atom. The summed E-state index contributed by atoms with van der Waals surface area (Å²) in [4.78, 5) is 12.7. The summed E-state index contributed by atoms with van der Waals surface area (Å²) in [5, 5.41) is 5.45. The highest BCUT2D eigenvalue weighted by Crippen LogP contribution is 2.33. The summed E-state index contributed by atoms with van der Waals surface area (Å²) in [5.41, 5.74) is 15.2. The van der Waals surface area contributed by atoms with Crippen LogP contribution < -0.4 is 11.5 Å². The normalized spacial score (nSPS) is 12.8. The number of oxazole rings is 1. The van der Waals surface area contributed by atoms with Crippen molar-refractivity contribution in [2.24, 2.45) is 0 Å². The van der Waals surface area contributed by atoms with Crippen LogP contribution in [0.15, 0.2) is 28.9 Å². The average molecular weight is 353 g/mol. The van der Waals surface area contributed by atoms with Crippen molar-refractivity contribution in [1.82, 2.24) is 24.7 Å². The molecular weight excluding hydrogens is 334 g/mol. The number of benzene rings is 1. The van der Waals surface area contributed by atoms with Gasteiger partial charge >= 0.3 is 0 Å². The Labute approximate surface area is 149 Å². The number of fused-ring (bicyclic) bond motifs is 2. The number of rotatable bonds is 5. The van der Waals surface area contributed by atoms with Crippen molar-refractivity contribution in [3.8, 4) is 11.3 Å². The van der Waals surface area contributed by atoms with Gasteiger partial charge < -0.3 is 20.6 Å². The SMILES string of the molecule is CCOCC(C)n1nc(-c2ccc3oc(N)nc3c2)c2c(N)ncnc21. The molecule has 26 heavy (non-hydrogen) atoms. The zero-order valence-corrected chi connectivity index (χ0v) is 14.5. The van der Waals surface area contributed by atoms with Crippen molar-refractivity contribution < 1.29 is 9.15 Å². The van der Waals surface area contributed by atoms with Gasteiger partial charge in [0, 0.05) is 12.2 Å². The molecule has 0 aliphatic heterocycles. The molecule has 0 aliphatic rings. The summed E-state index contributed by atoms with van der Waals surface area (Å²) in [6.07, 6.45) is 1.44. The topological polar surface area (TPSA) is 131 Å². The first-order valence-corrected chi connectivity index (χ1v) is 8.31. The second kappa shape index (κ2) is 6.26. The average Bonchev–Trinajstić information content (AvgIpc) is 3.19. The van der Waals surface area contributed by atoms with E-state index in [2.05, 4.69) is 15.0 Å². The third-order valence-corrected chi connectivity index (χ3v) is 4.18. The van der Waals surface area contributed by atoms with Crippen LogP contribution in [0.1, 0.15) is 19.9 Å². The molecule has 0 amide bonds. The Morgan fingerprint density at radius 3 is 2.92 bits per heavy atom. The minimum Gasteiger partial charge on any atom is -0.424 e. The lowest BCUT2D eigenvalue weighted by Gasteiger charge is -2.12. The Hall–Kier alpha value is -3.20. The number of nitrogens with two attached hydrogens (primary N) is 2. The van der Waals surface area contributed by atoms with Gasteiger partial charge in [0.25, 0.3) is 6.01 Å². The third-order valence-electron chi connectivity index (χ3n) is 4.18. The Bertz CT molecular complexity index is 1090. The van der Waals surface area contributed by atoms with E-state index in [4.69, 9.17) is 25.7 Å². The van der Waals surface area contributed by atoms with Crippen LogP contribution in [-0.2, 0) is 4.74 Å². The number of ether oxygens (including phenoxy) is 1. The van der Waals surface area contributed by atoms with E-state index < -0.39 is 0 Å². The maximum Gasteiger partial charge on any atom is 0.292 e. The number of anilines is 2. The smallest absolute Gasteiger partial charge is 0.292 e. The van der Waals surface area contributed by atoms with E-state index >= 15 is 0 Å². The molecule has 0 saturated heterocycles. The Kier molecular flexibility index (Phi) is 3.92. The minimum absolute atomic E-state index is 0.00748. The van der Waals surface area contributed by atoms with Gasteiger partial charge in [0.1, 0.15) is 23.4 Å². The molecule has 4 rings (SSSR count). The van der Waals surface area contributed by atoms with Gasteiger partial charge in [0.05, 0.1) is 18.0 Å². The van der Waals surface area contributed by atoms with Crippen LogP contribution in [0, 0.1) is 0 Å². The number of hydrogen-bond donors (Lipinski definition) is 2. The van der Waals surface area contributed by atoms with E-state index in [0.717, 1.165) is 5.56 Å². The van der Waals surface area contributed by atoms with Crippen LogP contribution >= 0.6 is 0 Å². The minimum atomic E-state index is -0.00748. The highest BCUT2D eigenvalue weighted by Gasteiger charge is 2.20. The highest BCUT2D eigenvalue weighted by molar-refractivity contribution is 5.99. The monoisotopic (exact) mass is 353 g/mol. The molecule has 0 radical (unpaired) electrons. The molecule has 0 saturated carbocycles. The molecule has 1 aromatic carbocycles. The summed E-state index contributed by atoms with van der Waals surface area (Å²) in [5.74, 6) is 0.375. The molecular formula is C17H19N7O2. The molecule has 9 nitrogen and oxygen atoms in total. The van der Waals surface area contributed by atoms with E-state index in [9.17, 15) is 0 Å². The van der Waals surface area contributed by atoms with E-state index in [1.807, 2.05) is 36.7 Å². The van der Waals surface area contributed by atoms with E-state index in [-0.39, 0.29) is 12.1 Å². The molecule has 0 fully saturated rings. The molecule has 4 aromatic rings. The first-order chi connectivity index (χ1) is 12.6. The first kappa shape index (κ1) is 16.3. The Balaban J connectivity index is 1.90. The summed E-state index contributed by atoms with van der Waals surface area (Å²) >= 11 is 0. The fourth-order valence-corrected chi connectivity index (χ4v) is 2.96. The lowest BCUT2D eigenvalue weighted by molar-refractivity contribution is 0.116. The van der Waals surface area contributed by atoms with Crippen LogP contribution in [0.5, 0.6) is 0 Å². The maximum atomic E-state index is 6.13. The summed E-state index contributed by atoms with van der Waals surface area (Å²) in [7, 11) is 0. The molecule has 3 aromatic heterocycles. The van der Waals surface area contributed by atoms with Crippen LogP contribution in [0.2, 0.25) is 0 Å². The predicted molar refractivity (Wildman–Crippen MR) is 98.4 cm³/mol. The van der Waals surface area contributed by atoms with Gasteiger partial charge in [-0.25, -0.2) is 14.6 Å². The van der Waals surface area contributed by atoms with Gasteiger partial charge in [0.2, 0.25) is 0 Å². The number of nitrogen functional groups attached to an aromatic ring is 2. The van der Waals surface area contributed by atoms with Gasteiger partial charge in [-0.05, 0) is 32.0 Å². The number of nitrogens with zero attached hydrogens (tertiary/aromatic N) is 5. The van der Waals surface area contributed by atoms with Crippen molar-refractivity contribution in [1.29, 1.82) is 0 Å². The van der Waals surface area contributed by atoms with Crippen molar-refractivity contribution in [2.45, 2.75) is 19.9 Å². The van der Waals surface area contributed by atoms with Crippen molar-refractivity contribution >= 4 is 34.0 Å². The van der Waals surface area contributed by atoms with Gasteiger partial charge in [0.15, 0.2) is 11.2 Å². The van der Waals surface area contributed by atoms with E-state index in [0.29, 0.717) is 46.9 Å². The lowest BCUT2D eigenvalue weighted by Crippen LogP contribution is -2.14. The number of aromatic nitrogens is 5. The summed E-state index contributed by atoms with van der Waals surface area (Å²) in [6.45, 7) is 5.14. The fraction of sp³-hybridized carbons (Fsp3) is 0.294. The predicted octanol–water partition coefficient (Wildman–Crippen LogP) is 2.40. The van der Waals surface area contributed by atoms with Gasteiger partial charge in [-0.15, -0.1) is 0 Å². The molecule has 1 unspecified atom stereocenters. The van der Waals surface area contributed by atoms with E-state index in [1.54, 1.807) is 0 Å². The molecule has 134 valence electrons. The first-order valence-electron chi connectivity index (χ1n) is 8.31. The van der Waals surface area contributed by atoms with Gasteiger partial charge in [-0.3, -0.25) is 0 Å². The zero-order valence-electron chi connectivity index (χ0n) is 14.5. The molecule has 3 heterocycles. The largest absolute Gasteiger partial charge is 0.424 e. The van der Waals surface area contributed by atoms with Gasteiger partial charge in [-0.1, -0.05) is 0 Å². The van der Waals surface area contributed by atoms with Crippen LogP contribution in [-0.4, -0.2) is 37.9 Å². The lowest BCUT2D eigenvalue weighted by atomic mass is 10.1. The second-order valence-electron chi connectivity index (χ2n) is 5.99.